The number of para-hydroxylation sites is 1. The molecule has 29 heavy (non-hydrogen) atoms. The van der Waals surface area contributed by atoms with E-state index in [2.05, 4.69) is 15.6 Å². The number of anilines is 1. The number of nitrogens with one attached hydrogen (secondary N) is 1. The van der Waals surface area contributed by atoms with Crippen LogP contribution in [-0.4, -0.2) is 42.8 Å². The van der Waals surface area contributed by atoms with Crippen LogP contribution in [0.3, 0.4) is 0 Å². The molecule has 13 heteroatoms. The van der Waals surface area contributed by atoms with Gasteiger partial charge >= 0.3 is 0 Å². The van der Waals surface area contributed by atoms with E-state index in [0.29, 0.717) is 5.69 Å². The molecular weight excluding hydrogens is 440 g/mol. The second-order valence-electron chi connectivity index (χ2n) is 6.26. The van der Waals surface area contributed by atoms with Crippen LogP contribution in [0.1, 0.15) is 5.69 Å². The second kappa shape index (κ2) is 7.07. The van der Waals surface area contributed by atoms with Crippen LogP contribution in [-0.2, 0) is 26.6 Å². The Morgan fingerprint density at radius 3 is 2.62 bits per heavy atom. The van der Waals surface area contributed by atoms with E-state index in [4.69, 9.17) is 16.7 Å². The van der Waals surface area contributed by atoms with Crippen LogP contribution in [0.2, 0.25) is 5.02 Å². The van der Waals surface area contributed by atoms with E-state index in [1.165, 1.54) is 10.7 Å². The summed E-state index contributed by atoms with van der Waals surface area (Å²) in [4.78, 5) is -0.687. The first kappa shape index (κ1) is 19.8. The fraction of sp³-hybridized carbons (Fsp3) is 0.125. The van der Waals surface area contributed by atoms with Crippen molar-refractivity contribution < 1.29 is 16.8 Å². The van der Waals surface area contributed by atoms with Crippen molar-refractivity contribution in [2.45, 2.75) is 16.3 Å². The molecule has 0 bridgehead atoms. The number of nitrogens with zero attached hydrogens (tertiary/aromatic N) is 4. The SMILES string of the molecule is NS(=O)(=O)c1cc2c(cc1Cl)NCN(Cc1cn(-c3ccccc3)nn1)S2(=O)=O. The summed E-state index contributed by atoms with van der Waals surface area (Å²) < 4.78 is 52.1. The zero-order valence-electron chi connectivity index (χ0n) is 14.7. The molecule has 152 valence electrons. The van der Waals surface area contributed by atoms with Gasteiger partial charge in [0, 0.05) is 0 Å². The zero-order chi connectivity index (χ0) is 20.8. The number of hydrogen-bond acceptors (Lipinski definition) is 7. The highest BCUT2D eigenvalue weighted by Crippen LogP contribution is 2.35. The van der Waals surface area contributed by atoms with Gasteiger partial charge in [-0.05, 0) is 24.3 Å². The molecule has 0 spiro atoms. The van der Waals surface area contributed by atoms with Crippen LogP contribution in [0.5, 0.6) is 0 Å². The van der Waals surface area contributed by atoms with Crippen molar-refractivity contribution in [3.05, 3.63) is 59.4 Å². The first-order valence-corrected chi connectivity index (χ1v) is 11.6. The second-order valence-corrected chi connectivity index (χ2v) is 10.1. The van der Waals surface area contributed by atoms with Crippen LogP contribution in [0.15, 0.2) is 58.5 Å². The lowest BCUT2D eigenvalue weighted by molar-refractivity contribution is 0.416. The van der Waals surface area contributed by atoms with Crippen molar-refractivity contribution in [3.63, 3.8) is 0 Å². The van der Waals surface area contributed by atoms with E-state index >= 15 is 0 Å². The molecule has 4 rings (SSSR count). The predicted molar refractivity (Wildman–Crippen MR) is 105 cm³/mol. The number of halogens is 1. The lowest BCUT2D eigenvalue weighted by Gasteiger charge is -2.29. The van der Waals surface area contributed by atoms with Gasteiger partial charge in [0.2, 0.25) is 20.0 Å². The van der Waals surface area contributed by atoms with Gasteiger partial charge in [0.05, 0.1) is 41.5 Å². The van der Waals surface area contributed by atoms with Crippen molar-refractivity contribution in [1.82, 2.24) is 19.3 Å². The van der Waals surface area contributed by atoms with E-state index in [9.17, 15) is 16.8 Å². The monoisotopic (exact) mass is 454 g/mol. The number of benzene rings is 2. The van der Waals surface area contributed by atoms with Crippen molar-refractivity contribution in [2.75, 3.05) is 12.0 Å². The van der Waals surface area contributed by atoms with E-state index in [-0.39, 0.29) is 28.8 Å². The molecular formula is C16H15ClN6O4S2. The highest BCUT2D eigenvalue weighted by atomic mass is 35.5. The van der Waals surface area contributed by atoms with Crippen molar-refractivity contribution in [3.8, 4) is 5.69 Å². The summed E-state index contributed by atoms with van der Waals surface area (Å²) in [6, 6.07) is 11.4. The smallest absolute Gasteiger partial charge is 0.247 e. The third-order valence-corrected chi connectivity index (χ3v) is 7.51. The number of nitrogens with two attached hydrogens (primary N) is 1. The van der Waals surface area contributed by atoms with Crippen LogP contribution < -0.4 is 10.5 Å². The summed E-state index contributed by atoms with van der Waals surface area (Å²) in [5, 5.41) is 15.9. The number of hydrogen-bond donors (Lipinski definition) is 2. The first-order valence-electron chi connectivity index (χ1n) is 8.23. The normalized spacial score (nSPS) is 16.2. The highest BCUT2D eigenvalue weighted by molar-refractivity contribution is 7.90. The summed E-state index contributed by atoms with van der Waals surface area (Å²) in [6.45, 7) is -0.104. The average Bonchev–Trinajstić information content (AvgIpc) is 3.12. The molecule has 3 N–H and O–H groups in total. The van der Waals surface area contributed by atoms with Gasteiger partial charge in [-0.15, -0.1) is 5.10 Å². The molecule has 0 radical (unpaired) electrons. The van der Waals surface area contributed by atoms with Gasteiger partial charge in [-0.3, -0.25) is 0 Å². The molecule has 0 amide bonds. The molecule has 1 aromatic heterocycles. The Balaban J connectivity index is 1.66. The maximum absolute atomic E-state index is 13.0. The molecule has 3 aromatic rings. The molecule has 10 nitrogen and oxygen atoms in total. The van der Waals surface area contributed by atoms with Gasteiger partial charge in [0.15, 0.2) is 0 Å². The van der Waals surface area contributed by atoms with E-state index in [1.54, 1.807) is 6.20 Å². The molecule has 0 atom stereocenters. The van der Waals surface area contributed by atoms with E-state index in [1.807, 2.05) is 30.3 Å². The average molecular weight is 455 g/mol. The van der Waals surface area contributed by atoms with Gasteiger partial charge in [0.1, 0.15) is 9.79 Å². The van der Waals surface area contributed by atoms with Crippen molar-refractivity contribution in [1.29, 1.82) is 0 Å². The molecule has 1 aliphatic heterocycles. The molecule has 2 heterocycles. The maximum atomic E-state index is 13.0. The van der Waals surface area contributed by atoms with Crippen molar-refractivity contribution >= 4 is 37.3 Å². The fourth-order valence-electron chi connectivity index (χ4n) is 2.90. The Morgan fingerprint density at radius 1 is 1.21 bits per heavy atom. The molecule has 0 fully saturated rings. The molecule has 1 aliphatic rings. The molecule has 0 aliphatic carbocycles. The summed E-state index contributed by atoms with van der Waals surface area (Å²) in [7, 11) is -8.21. The van der Waals surface area contributed by atoms with Gasteiger partial charge in [-0.25, -0.2) is 26.7 Å². The van der Waals surface area contributed by atoms with Gasteiger partial charge < -0.3 is 5.32 Å². The minimum absolute atomic E-state index is 0.0431. The summed E-state index contributed by atoms with van der Waals surface area (Å²) in [5.74, 6) is 0. The molecule has 0 saturated heterocycles. The first-order chi connectivity index (χ1) is 13.7. The molecule has 2 aromatic carbocycles. The lowest BCUT2D eigenvalue weighted by Crippen LogP contribution is -2.39. The quantitative estimate of drug-likeness (QED) is 0.602. The number of primary sulfonamides is 1. The zero-order valence-corrected chi connectivity index (χ0v) is 17.1. The summed E-state index contributed by atoms with van der Waals surface area (Å²) in [5.41, 5.74) is 1.40. The Morgan fingerprint density at radius 2 is 1.93 bits per heavy atom. The van der Waals surface area contributed by atoms with Crippen LogP contribution >= 0.6 is 11.6 Å². The molecule has 0 unspecified atom stereocenters. The summed E-state index contributed by atoms with van der Waals surface area (Å²) >= 11 is 5.94. The van der Waals surface area contributed by atoms with Crippen LogP contribution in [0, 0.1) is 0 Å². The minimum atomic E-state index is -4.19. The fourth-order valence-corrected chi connectivity index (χ4v) is 5.57. The standard InChI is InChI=1S/C16H15ClN6O4S2/c17-13-6-14-16(7-15(13)28(18,24)25)29(26,27)22(10-19-14)8-11-9-23(21-20-11)12-4-2-1-3-5-12/h1-7,9,19H,8,10H2,(H2,18,24,25). The number of aromatic nitrogens is 3. The van der Waals surface area contributed by atoms with Gasteiger partial charge in [-0.2, -0.15) is 4.31 Å². The Hall–Kier alpha value is -2.51. The van der Waals surface area contributed by atoms with Gasteiger partial charge in [0.25, 0.3) is 0 Å². The molecule has 0 saturated carbocycles. The topological polar surface area (TPSA) is 140 Å². The lowest BCUT2D eigenvalue weighted by atomic mass is 10.3. The van der Waals surface area contributed by atoms with Gasteiger partial charge in [-0.1, -0.05) is 35.0 Å². The Kier molecular flexibility index (Phi) is 4.83. The third kappa shape index (κ3) is 3.72. The summed E-state index contributed by atoms with van der Waals surface area (Å²) in [6.07, 6.45) is 1.62. The Bertz CT molecular complexity index is 1290. The van der Waals surface area contributed by atoms with E-state index < -0.39 is 24.9 Å². The highest BCUT2D eigenvalue weighted by Gasteiger charge is 2.34. The Labute approximate surface area is 172 Å². The number of rotatable bonds is 4. The number of sulfonamides is 2. The number of fused-ring (bicyclic) bond motifs is 1. The van der Waals surface area contributed by atoms with Crippen LogP contribution in [0.25, 0.3) is 5.69 Å². The predicted octanol–water partition coefficient (Wildman–Crippen LogP) is 1.14. The maximum Gasteiger partial charge on any atom is 0.247 e. The van der Waals surface area contributed by atoms with Crippen LogP contribution in [0.4, 0.5) is 5.69 Å². The third-order valence-electron chi connectivity index (χ3n) is 4.30. The van der Waals surface area contributed by atoms with Crippen molar-refractivity contribution in [2.24, 2.45) is 5.14 Å². The van der Waals surface area contributed by atoms with E-state index in [0.717, 1.165) is 16.1 Å². The largest absolute Gasteiger partial charge is 0.370 e. The minimum Gasteiger partial charge on any atom is -0.370 e.